The summed E-state index contributed by atoms with van der Waals surface area (Å²) in [4.78, 5) is 26.4. The van der Waals surface area contributed by atoms with Crippen molar-refractivity contribution in [1.29, 1.82) is 0 Å². The molecule has 0 saturated carbocycles. The van der Waals surface area contributed by atoms with E-state index in [2.05, 4.69) is 31.4 Å². The van der Waals surface area contributed by atoms with E-state index in [0.29, 0.717) is 43.5 Å². The third-order valence-electron chi connectivity index (χ3n) is 6.00. The first-order valence-electron chi connectivity index (χ1n) is 11.1. The molecule has 8 nitrogen and oxygen atoms in total. The van der Waals surface area contributed by atoms with Crippen LogP contribution in [0.25, 0.3) is 16.7 Å². The second-order valence-corrected chi connectivity index (χ2v) is 10.4. The number of thiophene rings is 1. The molecule has 1 aromatic carbocycles. The summed E-state index contributed by atoms with van der Waals surface area (Å²) in [6.07, 6.45) is 1.52. The molecule has 0 unspecified atom stereocenters. The molecule has 172 valence electrons. The second-order valence-electron chi connectivity index (χ2n) is 8.13. The number of fused-ring (bicyclic) bond motifs is 2. The number of amides is 1. The Bertz CT molecular complexity index is 1470. The standard InChI is InChI=1S/C24H22N6O2S2/c1-16-13-20(30-24(27-16)25-15-26-30)28-8-10-29(11-9-28)23(31)22-18(14-34-21-7-4-12-33-21)17-5-2-3-6-19(17)32-22/h2-7,12-13,15H,8-11,14H2,1H3. The summed E-state index contributed by atoms with van der Waals surface area (Å²) in [7, 11) is 0. The maximum Gasteiger partial charge on any atom is 0.290 e. The average molecular weight is 491 g/mol. The van der Waals surface area contributed by atoms with E-state index in [4.69, 9.17) is 4.42 Å². The van der Waals surface area contributed by atoms with E-state index >= 15 is 0 Å². The van der Waals surface area contributed by atoms with Gasteiger partial charge in [-0.1, -0.05) is 24.3 Å². The van der Waals surface area contributed by atoms with Gasteiger partial charge < -0.3 is 14.2 Å². The molecule has 1 amide bonds. The number of hydrogen-bond donors (Lipinski definition) is 0. The maximum absolute atomic E-state index is 13.6. The van der Waals surface area contributed by atoms with Gasteiger partial charge in [0.2, 0.25) is 0 Å². The number of benzene rings is 1. The van der Waals surface area contributed by atoms with Crippen molar-refractivity contribution < 1.29 is 9.21 Å². The van der Waals surface area contributed by atoms with Gasteiger partial charge in [0.1, 0.15) is 17.7 Å². The number of aryl methyl sites for hydroxylation is 1. The fourth-order valence-electron chi connectivity index (χ4n) is 4.32. The minimum atomic E-state index is -0.0468. The summed E-state index contributed by atoms with van der Waals surface area (Å²) < 4.78 is 9.09. The van der Waals surface area contributed by atoms with Crippen LogP contribution in [0.5, 0.6) is 0 Å². The van der Waals surface area contributed by atoms with Gasteiger partial charge in [-0.3, -0.25) is 4.79 Å². The Morgan fingerprint density at radius 1 is 1.15 bits per heavy atom. The van der Waals surface area contributed by atoms with Gasteiger partial charge in [-0.05, 0) is 24.4 Å². The molecule has 6 rings (SSSR count). The molecule has 34 heavy (non-hydrogen) atoms. The van der Waals surface area contributed by atoms with Crippen molar-refractivity contribution in [2.24, 2.45) is 0 Å². The highest BCUT2D eigenvalue weighted by molar-refractivity contribution is 8.00. The van der Waals surface area contributed by atoms with Gasteiger partial charge in [-0.25, -0.2) is 4.98 Å². The zero-order chi connectivity index (χ0) is 23.1. The van der Waals surface area contributed by atoms with Crippen LogP contribution in [0.4, 0.5) is 5.82 Å². The lowest BCUT2D eigenvalue weighted by atomic mass is 10.1. The molecule has 1 saturated heterocycles. The molecule has 1 aliphatic heterocycles. The summed E-state index contributed by atoms with van der Waals surface area (Å²) >= 11 is 3.45. The highest BCUT2D eigenvalue weighted by Gasteiger charge is 2.29. The summed E-state index contributed by atoms with van der Waals surface area (Å²) in [6, 6.07) is 14.1. The van der Waals surface area contributed by atoms with Crippen molar-refractivity contribution in [1.82, 2.24) is 24.5 Å². The molecule has 0 radical (unpaired) electrons. The summed E-state index contributed by atoms with van der Waals surface area (Å²) in [5.41, 5.74) is 2.62. The van der Waals surface area contributed by atoms with Crippen molar-refractivity contribution in [3.05, 3.63) is 71.2 Å². The normalized spacial score (nSPS) is 14.4. The molecular weight excluding hydrogens is 468 g/mol. The first-order chi connectivity index (χ1) is 16.7. The summed E-state index contributed by atoms with van der Waals surface area (Å²) in [5, 5.41) is 7.40. The van der Waals surface area contributed by atoms with Gasteiger partial charge in [0.05, 0.1) is 4.21 Å². The molecule has 0 atom stereocenters. The van der Waals surface area contributed by atoms with Crippen molar-refractivity contribution >= 4 is 51.6 Å². The topological polar surface area (TPSA) is 79.8 Å². The molecule has 10 heteroatoms. The SMILES string of the molecule is Cc1cc(N2CCN(C(=O)c3oc4ccccc4c3CSc3cccs3)CC2)n2ncnc2n1. The van der Waals surface area contributed by atoms with E-state index in [-0.39, 0.29) is 5.91 Å². The van der Waals surface area contributed by atoms with Gasteiger partial charge >= 0.3 is 0 Å². The number of aromatic nitrogens is 4. The van der Waals surface area contributed by atoms with Crippen LogP contribution in [0.1, 0.15) is 21.8 Å². The van der Waals surface area contributed by atoms with E-state index in [1.165, 1.54) is 10.5 Å². The molecule has 5 heterocycles. The molecule has 1 aliphatic rings. The number of carbonyl (C=O) groups is 1. The largest absolute Gasteiger partial charge is 0.451 e. The van der Waals surface area contributed by atoms with Gasteiger partial charge in [-0.2, -0.15) is 14.6 Å². The van der Waals surface area contributed by atoms with Gasteiger partial charge in [0.25, 0.3) is 11.7 Å². The van der Waals surface area contributed by atoms with Crippen molar-refractivity contribution in [3.8, 4) is 0 Å². The van der Waals surface area contributed by atoms with Crippen molar-refractivity contribution in [3.63, 3.8) is 0 Å². The second kappa shape index (κ2) is 8.77. The molecule has 0 bridgehead atoms. The summed E-state index contributed by atoms with van der Waals surface area (Å²) in [6.45, 7) is 4.55. The Hall–Kier alpha value is -3.37. The highest BCUT2D eigenvalue weighted by atomic mass is 32.2. The maximum atomic E-state index is 13.6. The Kier molecular flexibility index (Phi) is 5.46. The monoisotopic (exact) mass is 490 g/mol. The Balaban J connectivity index is 1.23. The van der Waals surface area contributed by atoms with Crippen LogP contribution in [0, 0.1) is 6.92 Å². The lowest BCUT2D eigenvalue weighted by Crippen LogP contribution is -2.49. The third kappa shape index (κ3) is 3.82. The minimum Gasteiger partial charge on any atom is -0.451 e. The van der Waals surface area contributed by atoms with Crippen LogP contribution in [0.2, 0.25) is 0 Å². The first kappa shape index (κ1) is 21.2. The molecule has 1 fully saturated rings. The number of piperazine rings is 1. The molecule has 5 aromatic rings. The number of rotatable bonds is 5. The summed E-state index contributed by atoms with van der Waals surface area (Å²) in [5.74, 6) is 2.64. The number of carbonyl (C=O) groups excluding carboxylic acids is 1. The quantitative estimate of drug-likeness (QED) is 0.336. The molecule has 4 aromatic heterocycles. The zero-order valence-corrected chi connectivity index (χ0v) is 20.2. The molecular formula is C24H22N6O2S2. The van der Waals surface area contributed by atoms with Gasteiger partial charge in [-0.15, -0.1) is 23.1 Å². The number of thioether (sulfide) groups is 1. The highest BCUT2D eigenvalue weighted by Crippen LogP contribution is 2.34. The number of para-hydroxylation sites is 1. The van der Waals surface area contributed by atoms with Crippen LogP contribution in [-0.4, -0.2) is 56.6 Å². The fourth-order valence-corrected chi connectivity index (χ4v) is 6.13. The number of anilines is 1. The smallest absolute Gasteiger partial charge is 0.290 e. The van der Waals surface area contributed by atoms with Crippen LogP contribution in [0.15, 0.2) is 62.8 Å². The van der Waals surface area contributed by atoms with Gasteiger partial charge in [0, 0.05) is 54.6 Å². The van der Waals surface area contributed by atoms with Crippen molar-refractivity contribution in [2.45, 2.75) is 16.9 Å². The van der Waals surface area contributed by atoms with E-state index in [1.54, 1.807) is 27.6 Å². The van der Waals surface area contributed by atoms with Crippen LogP contribution in [0.3, 0.4) is 0 Å². The Morgan fingerprint density at radius 2 is 2.00 bits per heavy atom. The predicted octanol–water partition coefficient (Wildman–Crippen LogP) is 4.50. The molecule has 0 spiro atoms. The fraction of sp³-hybridized carbons (Fsp3) is 0.250. The van der Waals surface area contributed by atoms with Crippen LogP contribution in [-0.2, 0) is 5.75 Å². The number of hydrogen-bond acceptors (Lipinski definition) is 8. The number of furan rings is 1. The van der Waals surface area contributed by atoms with E-state index < -0.39 is 0 Å². The molecule has 0 N–H and O–H groups in total. The van der Waals surface area contributed by atoms with Gasteiger partial charge in [0.15, 0.2) is 5.76 Å². The third-order valence-corrected chi connectivity index (χ3v) is 8.16. The average Bonchev–Trinajstić information content (AvgIpc) is 3.61. The van der Waals surface area contributed by atoms with Crippen LogP contribution < -0.4 is 4.90 Å². The van der Waals surface area contributed by atoms with E-state index in [1.807, 2.05) is 48.2 Å². The van der Waals surface area contributed by atoms with E-state index in [9.17, 15) is 4.79 Å². The van der Waals surface area contributed by atoms with Crippen LogP contribution >= 0.6 is 23.1 Å². The first-order valence-corrected chi connectivity index (χ1v) is 12.9. The Morgan fingerprint density at radius 3 is 2.82 bits per heavy atom. The minimum absolute atomic E-state index is 0.0468. The van der Waals surface area contributed by atoms with E-state index in [0.717, 1.165) is 28.0 Å². The zero-order valence-electron chi connectivity index (χ0n) is 18.5. The number of nitrogens with zero attached hydrogens (tertiary/aromatic N) is 6. The lowest BCUT2D eigenvalue weighted by molar-refractivity contribution is 0.0715. The predicted molar refractivity (Wildman–Crippen MR) is 134 cm³/mol. The lowest BCUT2D eigenvalue weighted by Gasteiger charge is -2.35. The molecule has 0 aliphatic carbocycles. The Labute approximate surface area is 204 Å². The van der Waals surface area contributed by atoms with Crippen molar-refractivity contribution in [2.75, 3.05) is 31.1 Å².